The first-order chi connectivity index (χ1) is 18.0. The van der Waals surface area contributed by atoms with Crippen molar-refractivity contribution in [2.24, 2.45) is 0 Å². The standard InChI is InChI=1S/C27H27ClFN7O/c1-35-10-12-36(13-11-35)9-8-31-27(37)18-2-4-21-24(6-7-30-25(21)14-18)33-20-16-26(34-32-17-20)22-15-19(28)3-5-23(22)29/h2-7,14-17H,8-13H2,1H3,(H,31,37)(H,30,33,34). The van der Waals surface area contributed by atoms with Crippen LogP contribution in [0, 0.1) is 5.82 Å². The second kappa shape index (κ2) is 11.2. The van der Waals surface area contributed by atoms with E-state index in [1.807, 2.05) is 12.1 Å². The lowest BCUT2D eigenvalue weighted by Crippen LogP contribution is -2.46. The van der Waals surface area contributed by atoms with Crippen LogP contribution in [0.4, 0.5) is 15.8 Å². The number of nitrogens with zero attached hydrogens (tertiary/aromatic N) is 5. The Labute approximate surface area is 219 Å². The number of hydrogen-bond acceptors (Lipinski definition) is 7. The molecule has 2 N–H and O–H groups in total. The molecule has 190 valence electrons. The molecule has 0 bridgehead atoms. The summed E-state index contributed by atoms with van der Waals surface area (Å²) in [5, 5.41) is 15.6. The van der Waals surface area contributed by atoms with Crippen LogP contribution in [0.2, 0.25) is 5.02 Å². The second-order valence-corrected chi connectivity index (χ2v) is 9.51. The molecular weight excluding hydrogens is 493 g/mol. The maximum Gasteiger partial charge on any atom is 0.251 e. The summed E-state index contributed by atoms with van der Waals surface area (Å²) in [5.41, 5.74) is 3.27. The van der Waals surface area contributed by atoms with Crippen LogP contribution >= 0.6 is 11.6 Å². The zero-order valence-corrected chi connectivity index (χ0v) is 21.2. The Kier molecular flexibility index (Phi) is 7.55. The summed E-state index contributed by atoms with van der Waals surface area (Å²) in [6, 6.07) is 13.3. The molecule has 10 heteroatoms. The lowest BCUT2D eigenvalue weighted by Gasteiger charge is -2.32. The molecule has 0 saturated carbocycles. The van der Waals surface area contributed by atoms with E-state index in [1.54, 1.807) is 30.6 Å². The quantitative estimate of drug-likeness (QED) is 0.378. The maximum absolute atomic E-state index is 14.3. The number of rotatable bonds is 7. The van der Waals surface area contributed by atoms with Crippen molar-refractivity contribution in [1.82, 2.24) is 30.3 Å². The Morgan fingerprint density at radius 1 is 1.08 bits per heavy atom. The average molecular weight is 520 g/mol. The highest BCUT2D eigenvalue weighted by Gasteiger charge is 2.15. The van der Waals surface area contributed by atoms with Crippen molar-refractivity contribution in [3.05, 3.63) is 77.3 Å². The molecule has 2 aromatic heterocycles. The summed E-state index contributed by atoms with van der Waals surface area (Å²) < 4.78 is 14.3. The third-order valence-electron chi connectivity index (χ3n) is 6.45. The molecule has 37 heavy (non-hydrogen) atoms. The van der Waals surface area contributed by atoms with Gasteiger partial charge in [-0.2, -0.15) is 10.2 Å². The Morgan fingerprint density at radius 2 is 1.92 bits per heavy atom. The first-order valence-electron chi connectivity index (χ1n) is 12.1. The Hall–Kier alpha value is -3.66. The molecule has 0 unspecified atom stereocenters. The third kappa shape index (κ3) is 6.02. The van der Waals surface area contributed by atoms with Crippen LogP contribution in [0.1, 0.15) is 10.4 Å². The first-order valence-corrected chi connectivity index (χ1v) is 12.5. The minimum Gasteiger partial charge on any atom is -0.354 e. The molecule has 0 radical (unpaired) electrons. The third-order valence-corrected chi connectivity index (χ3v) is 6.69. The van der Waals surface area contributed by atoms with E-state index in [1.165, 1.54) is 18.2 Å². The van der Waals surface area contributed by atoms with E-state index >= 15 is 0 Å². The number of hydrogen-bond donors (Lipinski definition) is 2. The summed E-state index contributed by atoms with van der Waals surface area (Å²) in [7, 11) is 2.13. The number of anilines is 2. The molecule has 2 aromatic carbocycles. The van der Waals surface area contributed by atoms with Crippen molar-refractivity contribution in [1.29, 1.82) is 0 Å². The molecule has 0 atom stereocenters. The number of piperazine rings is 1. The zero-order valence-electron chi connectivity index (χ0n) is 20.4. The lowest BCUT2D eigenvalue weighted by atomic mass is 10.1. The van der Waals surface area contributed by atoms with Crippen molar-refractivity contribution < 1.29 is 9.18 Å². The largest absolute Gasteiger partial charge is 0.354 e. The summed E-state index contributed by atoms with van der Waals surface area (Å²) in [6.45, 7) is 5.57. The van der Waals surface area contributed by atoms with Gasteiger partial charge in [0.15, 0.2) is 0 Å². The van der Waals surface area contributed by atoms with Gasteiger partial charge in [0.25, 0.3) is 5.91 Å². The van der Waals surface area contributed by atoms with E-state index in [4.69, 9.17) is 11.6 Å². The van der Waals surface area contributed by atoms with Crippen molar-refractivity contribution in [2.45, 2.75) is 0 Å². The van der Waals surface area contributed by atoms with Crippen LogP contribution in [0.5, 0.6) is 0 Å². The summed E-state index contributed by atoms with van der Waals surface area (Å²) in [4.78, 5) is 21.9. The number of fused-ring (bicyclic) bond motifs is 1. The lowest BCUT2D eigenvalue weighted by molar-refractivity contribution is 0.0941. The van der Waals surface area contributed by atoms with E-state index < -0.39 is 5.82 Å². The average Bonchev–Trinajstić information content (AvgIpc) is 2.91. The number of nitrogens with one attached hydrogen (secondary N) is 2. The van der Waals surface area contributed by atoms with Gasteiger partial charge in [-0.05, 0) is 55.6 Å². The van der Waals surface area contributed by atoms with Crippen molar-refractivity contribution in [3.8, 4) is 11.3 Å². The highest BCUT2D eigenvalue weighted by atomic mass is 35.5. The van der Waals surface area contributed by atoms with E-state index in [0.29, 0.717) is 34.0 Å². The Morgan fingerprint density at radius 3 is 2.76 bits per heavy atom. The number of likely N-dealkylation sites (N-methyl/N-ethyl adjacent to an activating group) is 1. The molecule has 5 rings (SSSR count). The van der Waals surface area contributed by atoms with Crippen LogP contribution in [0.15, 0.2) is 60.9 Å². The van der Waals surface area contributed by atoms with Gasteiger partial charge in [0.05, 0.1) is 23.1 Å². The van der Waals surface area contributed by atoms with Gasteiger partial charge >= 0.3 is 0 Å². The molecule has 1 aliphatic heterocycles. The molecule has 3 heterocycles. The number of amides is 1. The van der Waals surface area contributed by atoms with Gasteiger partial charge in [0.1, 0.15) is 5.82 Å². The fraction of sp³-hybridized carbons (Fsp3) is 0.259. The van der Waals surface area contributed by atoms with Gasteiger partial charge in [0, 0.05) is 72.7 Å². The molecule has 4 aromatic rings. The van der Waals surface area contributed by atoms with E-state index in [2.05, 4.69) is 42.7 Å². The Balaban J connectivity index is 1.28. The van der Waals surface area contributed by atoms with Crippen LogP contribution in [-0.4, -0.2) is 77.2 Å². The topological polar surface area (TPSA) is 86.3 Å². The van der Waals surface area contributed by atoms with Crippen molar-refractivity contribution >= 4 is 39.8 Å². The molecule has 1 aliphatic rings. The van der Waals surface area contributed by atoms with Gasteiger partial charge in [-0.25, -0.2) is 4.39 Å². The smallest absolute Gasteiger partial charge is 0.251 e. The second-order valence-electron chi connectivity index (χ2n) is 9.07. The van der Waals surface area contributed by atoms with E-state index in [0.717, 1.165) is 43.8 Å². The predicted octanol–water partition coefficient (Wildman–Crippen LogP) is 4.21. The SMILES string of the molecule is CN1CCN(CCNC(=O)c2ccc3c(Nc4cnnc(-c5cc(Cl)ccc5F)c4)ccnc3c2)CC1. The van der Waals surface area contributed by atoms with Gasteiger partial charge in [-0.15, -0.1) is 0 Å². The van der Waals surface area contributed by atoms with Crippen LogP contribution < -0.4 is 10.6 Å². The van der Waals surface area contributed by atoms with Gasteiger partial charge in [-0.3, -0.25) is 14.7 Å². The fourth-order valence-electron chi connectivity index (χ4n) is 4.32. The number of pyridine rings is 1. The molecule has 8 nitrogen and oxygen atoms in total. The minimum atomic E-state index is -0.431. The van der Waals surface area contributed by atoms with Crippen LogP contribution in [0.3, 0.4) is 0 Å². The summed E-state index contributed by atoms with van der Waals surface area (Å²) in [5.74, 6) is -0.553. The molecule has 1 amide bonds. The molecular formula is C27H27ClFN7O. The van der Waals surface area contributed by atoms with Gasteiger partial charge in [0.2, 0.25) is 0 Å². The number of carbonyl (C=O) groups is 1. The highest BCUT2D eigenvalue weighted by molar-refractivity contribution is 6.30. The van der Waals surface area contributed by atoms with Gasteiger partial charge in [-0.1, -0.05) is 11.6 Å². The molecule has 0 aliphatic carbocycles. The summed E-state index contributed by atoms with van der Waals surface area (Å²) >= 11 is 6.04. The number of benzene rings is 2. The molecule has 0 spiro atoms. The fourth-order valence-corrected chi connectivity index (χ4v) is 4.49. The number of aromatic nitrogens is 3. The Bertz CT molecular complexity index is 1430. The van der Waals surface area contributed by atoms with Crippen LogP contribution in [0.25, 0.3) is 22.2 Å². The van der Waals surface area contributed by atoms with E-state index in [-0.39, 0.29) is 11.5 Å². The van der Waals surface area contributed by atoms with Crippen molar-refractivity contribution in [2.75, 3.05) is 51.6 Å². The normalized spacial score (nSPS) is 14.6. The number of carbonyl (C=O) groups excluding carboxylic acids is 1. The summed E-state index contributed by atoms with van der Waals surface area (Å²) in [6.07, 6.45) is 3.23. The molecule has 1 saturated heterocycles. The monoisotopic (exact) mass is 519 g/mol. The van der Waals surface area contributed by atoms with Crippen LogP contribution in [-0.2, 0) is 0 Å². The first kappa shape index (κ1) is 25.0. The minimum absolute atomic E-state index is 0.122. The number of halogens is 2. The predicted molar refractivity (Wildman–Crippen MR) is 144 cm³/mol. The van der Waals surface area contributed by atoms with Gasteiger partial charge < -0.3 is 15.5 Å². The maximum atomic E-state index is 14.3. The van der Waals surface area contributed by atoms with E-state index in [9.17, 15) is 9.18 Å². The zero-order chi connectivity index (χ0) is 25.8. The molecule has 1 fully saturated rings. The highest BCUT2D eigenvalue weighted by Crippen LogP contribution is 2.29. The van der Waals surface area contributed by atoms with Crippen molar-refractivity contribution in [3.63, 3.8) is 0 Å².